The van der Waals surface area contributed by atoms with Gasteiger partial charge in [0, 0.05) is 32.6 Å². The van der Waals surface area contributed by atoms with Gasteiger partial charge in [-0.05, 0) is 24.5 Å². The van der Waals surface area contributed by atoms with E-state index in [2.05, 4.69) is 56.5 Å². The third-order valence-corrected chi connectivity index (χ3v) is 4.42. The average molecular weight is 440 g/mol. The molecule has 0 aliphatic carbocycles. The van der Waals surface area contributed by atoms with E-state index in [1.54, 1.807) is 12.7 Å². The molecule has 1 unspecified atom stereocenters. The summed E-state index contributed by atoms with van der Waals surface area (Å²) in [6, 6.07) is 8.69. The first-order chi connectivity index (χ1) is 11.3. The number of rotatable bonds is 4. The highest BCUT2D eigenvalue weighted by Crippen LogP contribution is 2.29. The van der Waals surface area contributed by atoms with Gasteiger partial charge >= 0.3 is 0 Å². The molecule has 1 N–H and O–H groups in total. The summed E-state index contributed by atoms with van der Waals surface area (Å²) in [6.07, 6.45) is 4.46. The van der Waals surface area contributed by atoms with Crippen LogP contribution >= 0.6 is 24.0 Å². The van der Waals surface area contributed by atoms with Gasteiger partial charge in [0.25, 0.3) is 0 Å². The van der Waals surface area contributed by atoms with Gasteiger partial charge < -0.3 is 10.2 Å². The lowest BCUT2D eigenvalue weighted by atomic mass is 9.94. The molecule has 0 radical (unpaired) electrons. The molecule has 1 fully saturated rings. The lowest BCUT2D eigenvalue weighted by molar-refractivity contribution is 0.478. The average Bonchev–Trinajstić information content (AvgIpc) is 3.24. The molecule has 1 saturated heterocycles. The van der Waals surface area contributed by atoms with E-state index >= 15 is 0 Å². The molecule has 3 rings (SSSR count). The van der Waals surface area contributed by atoms with Crippen LogP contribution in [-0.4, -0.2) is 52.3 Å². The minimum absolute atomic E-state index is 0. The van der Waals surface area contributed by atoms with Crippen molar-refractivity contribution in [2.75, 3.05) is 26.7 Å². The zero-order chi connectivity index (χ0) is 16.1. The second kappa shape index (κ2) is 9.00. The van der Waals surface area contributed by atoms with E-state index in [4.69, 9.17) is 0 Å². The molecule has 0 saturated carbocycles. The maximum absolute atomic E-state index is 4.43. The summed E-state index contributed by atoms with van der Waals surface area (Å²) < 4.78 is 1.82. The molecule has 2 aromatic rings. The topological polar surface area (TPSA) is 58.3 Å². The van der Waals surface area contributed by atoms with Crippen molar-refractivity contribution in [1.82, 2.24) is 25.0 Å². The Morgan fingerprint density at radius 2 is 2.21 bits per heavy atom. The zero-order valence-corrected chi connectivity index (χ0v) is 16.6. The lowest BCUT2D eigenvalue weighted by Gasteiger charge is -2.22. The van der Waals surface area contributed by atoms with Gasteiger partial charge in [0.05, 0.1) is 6.54 Å². The third-order valence-electron chi connectivity index (χ3n) is 4.42. The van der Waals surface area contributed by atoms with Crippen molar-refractivity contribution in [1.29, 1.82) is 0 Å². The highest BCUT2D eigenvalue weighted by molar-refractivity contribution is 14.0. The van der Waals surface area contributed by atoms with Gasteiger partial charge in [0.2, 0.25) is 0 Å². The molecule has 0 amide bonds. The number of halogens is 1. The third kappa shape index (κ3) is 4.46. The molecule has 1 aliphatic heterocycles. The summed E-state index contributed by atoms with van der Waals surface area (Å²) >= 11 is 0. The van der Waals surface area contributed by atoms with E-state index in [-0.39, 0.29) is 24.0 Å². The van der Waals surface area contributed by atoms with Crippen molar-refractivity contribution in [2.45, 2.75) is 25.8 Å². The molecule has 1 aliphatic rings. The van der Waals surface area contributed by atoms with Crippen LogP contribution in [0.1, 0.15) is 23.5 Å². The number of nitrogens with zero attached hydrogens (tertiary/aromatic N) is 5. The number of hydrogen-bond acceptors (Lipinski definition) is 3. The Balaban J connectivity index is 0.00000208. The number of aliphatic imine (C=N–C) groups is 1. The van der Waals surface area contributed by atoms with Gasteiger partial charge in [-0.1, -0.05) is 24.3 Å². The summed E-state index contributed by atoms with van der Waals surface area (Å²) in [4.78, 5) is 10.7. The standard InChI is InChI=1S/C17H24N6.HI/c1-14-5-3-4-6-16(14)15-7-9-22(11-15)17(18-2)20-8-10-23-13-19-12-21-23;/h3-6,12-13,15H,7-11H2,1-2H3,(H,18,20);1H. The van der Waals surface area contributed by atoms with Crippen LogP contribution in [0.25, 0.3) is 0 Å². The van der Waals surface area contributed by atoms with E-state index < -0.39 is 0 Å². The number of hydrogen-bond donors (Lipinski definition) is 1. The van der Waals surface area contributed by atoms with Gasteiger partial charge in [0.1, 0.15) is 12.7 Å². The van der Waals surface area contributed by atoms with E-state index in [0.29, 0.717) is 5.92 Å². The minimum atomic E-state index is 0. The Bertz CT molecular complexity index is 655. The fourth-order valence-electron chi connectivity index (χ4n) is 3.21. The van der Waals surface area contributed by atoms with Crippen LogP contribution in [-0.2, 0) is 6.54 Å². The van der Waals surface area contributed by atoms with Crippen molar-refractivity contribution in [2.24, 2.45) is 4.99 Å². The number of aromatic nitrogens is 3. The quantitative estimate of drug-likeness (QED) is 0.450. The van der Waals surface area contributed by atoms with E-state index in [1.165, 1.54) is 17.5 Å². The Morgan fingerprint density at radius 3 is 2.92 bits per heavy atom. The number of aryl methyl sites for hydroxylation is 1. The van der Waals surface area contributed by atoms with Crippen molar-refractivity contribution in [3.63, 3.8) is 0 Å². The van der Waals surface area contributed by atoms with Gasteiger partial charge in [-0.15, -0.1) is 24.0 Å². The fourth-order valence-corrected chi connectivity index (χ4v) is 3.21. The number of likely N-dealkylation sites (tertiary alicyclic amines) is 1. The first kappa shape index (κ1) is 18.7. The van der Waals surface area contributed by atoms with Crippen LogP contribution < -0.4 is 5.32 Å². The highest BCUT2D eigenvalue weighted by Gasteiger charge is 2.26. The SMILES string of the molecule is CN=C(NCCn1cncn1)N1CCC(c2ccccc2C)C1.I. The molecule has 1 atom stereocenters. The van der Waals surface area contributed by atoms with Gasteiger partial charge in [-0.3, -0.25) is 9.67 Å². The molecule has 2 heterocycles. The minimum Gasteiger partial charge on any atom is -0.354 e. The predicted octanol–water partition coefficient (Wildman–Crippen LogP) is 2.27. The molecule has 24 heavy (non-hydrogen) atoms. The van der Waals surface area contributed by atoms with Crippen LogP contribution in [0.5, 0.6) is 0 Å². The second-order valence-corrected chi connectivity index (χ2v) is 5.92. The molecule has 0 spiro atoms. The van der Waals surface area contributed by atoms with Crippen LogP contribution in [0.2, 0.25) is 0 Å². The fraction of sp³-hybridized carbons (Fsp3) is 0.471. The van der Waals surface area contributed by atoms with Crippen LogP contribution in [0.4, 0.5) is 0 Å². The Kier molecular flexibility index (Phi) is 7.01. The van der Waals surface area contributed by atoms with Crippen LogP contribution in [0.3, 0.4) is 0 Å². The molecule has 1 aromatic carbocycles. The van der Waals surface area contributed by atoms with Gasteiger partial charge in [0.15, 0.2) is 5.96 Å². The normalized spacial score (nSPS) is 17.7. The van der Waals surface area contributed by atoms with Crippen molar-refractivity contribution in [3.05, 3.63) is 48.0 Å². The maximum Gasteiger partial charge on any atom is 0.193 e. The summed E-state index contributed by atoms with van der Waals surface area (Å²) in [5.41, 5.74) is 2.85. The summed E-state index contributed by atoms with van der Waals surface area (Å²) in [5.74, 6) is 1.56. The Morgan fingerprint density at radius 1 is 1.38 bits per heavy atom. The molecule has 0 bridgehead atoms. The molecule has 130 valence electrons. The van der Waals surface area contributed by atoms with Crippen LogP contribution in [0.15, 0.2) is 41.9 Å². The smallest absolute Gasteiger partial charge is 0.193 e. The van der Waals surface area contributed by atoms with Crippen molar-refractivity contribution >= 4 is 29.9 Å². The molecule has 6 nitrogen and oxygen atoms in total. The molecular formula is C17H25IN6. The van der Waals surface area contributed by atoms with Crippen molar-refractivity contribution in [3.8, 4) is 0 Å². The first-order valence-electron chi connectivity index (χ1n) is 8.11. The summed E-state index contributed by atoms with van der Waals surface area (Å²) in [5, 5.41) is 7.53. The largest absolute Gasteiger partial charge is 0.354 e. The number of benzene rings is 1. The molecular weight excluding hydrogens is 415 g/mol. The Labute approximate surface area is 160 Å². The Hall–Kier alpha value is -1.64. The highest BCUT2D eigenvalue weighted by atomic mass is 127. The van der Waals surface area contributed by atoms with Crippen LogP contribution in [0, 0.1) is 6.92 Å². The predicted molar refractivity (Wildman–Crippen MR) is 107 cm³/mol. The van der Waals surface area contributed by atoms with Gasteiger partial charge in [-0.25, -0.2) is 4.98 Å². The van der Waals surface area contributed by atoms with Gasteiger partial charge in [-0.2, -0.15) is 5.10 Å². The second-order valence-electron chi connectivity index (χ2n) is 5.92. The van der Waals surface area contributed by atoms with E-state index in [1.807, 2.05) is 11.7 Å². The summed E-state index contributed by atoms with van der Waals surface area (Å²) in [7, 11) is 1.85. The zero-order valence-electron chi connectivity index (χ0n) is 14.2. The monoisotopic (exact) mass is 440 g/mol. The van der Waals surface area contributed by atoms with E-state index in [0.717, 1.165) is 32.1 Å². The van der Waals surface area contributed by atoms with E-state index in [9.17, 15) is 0 Å². The number of guanidine groups is 1. The summed E-state index contributed by atoms with van der Waals surface area (Å²) in [6.45, 7) is 5.84. The van der Waals surface area contributed by atoms with Crippen molar-refractivity contribution < 1.29 is 0 Å². The number of nitrogens with one attached hydrogen (secondary N) is 1. The maximum atomic E-state index is 4.43. The lowest BCUT2D eigenvalue weighted by Crippen LogP contribution is -2.41. The molecule has 7 heteroatoms. The first-order valence-corrected chi connectivity index (χ1v) is 8.11. The molecule has 1 aromatic heterocycles.